The van der Waals surface area contributed by atoms with Gasteiger partial charge in [-0.05, 0) is 42.0 Å². The lowest BCUT2D eigenvalue weighted by Gasteiger charge is -2.12. The van der Waals surface area contributed by atoms with E-state index in [4.69, 9.17) is 14.2 Å². The first-order chi connectivity index (χ1) is 14.3. The summed E-state index contributed by atoms with van der Waals surface area (Å²) in [5, 5.41) is 3.10. The van der Waals surface area contributed by atoms with Crippen molar-refractivity contribution in [1.29, 1.82) is 0 Å². The van der Waals surface area contributed by atoms with Gasteiger partial charge in [0, 0.05) is 4.88 Å². The average Bonchev–Trinajstić information content (AvgIpc) is 3.30. The fraction of sp³-hybridized carbons (Fsp3) is 0.409. The minimum Gasteiger partial charge on any atom is -0.484 e. The van der Waals surface area contributed by atoms with Crippen molar-refractivity contribution >= 4 is 34.2 Å². The van der Waals surface area contributed by atoms with E-state index in [0.717, 1.165) is 4.88 Å². The number of aryl methyl sites for hydroxylation is 1. The van der Waals surface area contributed by atoms with E-state index >= 15 is 0 Å². The Balaban J connectivity index is 1.74. The molecule has 30 heavy (non-hydrogen) atoms. The topological polar surface area (TPSA) is 90.9 Å². The van der Waals surface area contributed by atoms with Crippen LogP contribution in [0.5, 0.6) is 5.75 Å². The Labute approximate surface area is 179 Å². The first kappa shape index (κ1) is 21.8. The van der Waals surface area contributed by atoms with Crippen LogP contribution in [0.15, 0.2) is 24.3 Å². The zero-order chi connectivity index (χ0) is 21.8. The first-order valence-electron chi connectivity index (χ1n) is 9.70. The average molecular weight is 432 g/mol. The third-order valence-corrected chi connectivity index (χ3v) is 6.26. The summed E-state index contributed by atoms with van der Waals surface area (Å²) in [6.45, 7) is 4.00. The van der Waals surface area contributed by atoms with Crippen LogP contribution in [0.3, 0.4) is 0 Å². The maximum Gasteiger partial charge on any atom is 0.341 e. The van der Waals surface area contributed by atoms with E-state index in [1.54, 1.807) is 0 Å². The van der Waals surface area contributed by atoms with Crippen molar-refractivity contribution in [3.63, 3.8) is 0 Å². The highest BCUT2D eigenvalue weighted by molar-refractivity contribution is 7.17. The van der Waals surface area contributed by atoms with Gasteiger partial charge in [-0.25, -0.2) is 4.79 Å². The highest BCUT2D eigenvalue weighted by Crippen LogP contribution is 2.45. The summed E-state index contributed by atoms with van der Waals surface area (Å²) < 4.78 is 15.3. The van der Waals surface area contributed by atoms with E-state index in [2.05, 4.69) is 19.2 Å². The normalized spacial score (nSPS) is 14.9. The van der Waals surface area contributed by atoms with Crippen LogP contribution in [0.2, 0.25) is 0 Å². The number of ether oxygens (including phenoxy) is 3. The Kier molecular flexibility index (Phi) is 6.77. The van der Waals surface area contributed by atoms with Crippen LogP contribution >= 0.6 is 11.3 Å². The molecule has 2 aromatic rings. The number of esters is 2. The van der Waals surface area contributed by atoms with Gasteiger partial charge >= 0.3 is 11.9 Å². The zero-order valence-corrected chi connectivity index (χ0v) is 18.3. The maximum atomic E-state index is 12.4. The van der Waals surface area contributed by atoms with Gasteiger partial charge in [0.2, 0.25) is 0 Å². The number of hydrogen-bond acceptors (Lipinski definition) is 7. The molecule has 3 rings (SSSR count). The molecule has 1 aromatic carbocycles. The second-order valence-corrected chi connectivity index (χ2v) is 8.41. The number of rotatable bonds is 7. The first-order valence-corrected chi connectivity index (χ1v) is 10.5. The van der Waals surface area contributed by atoms with Gasteiger partial charge in [0.1, 0.15) is 10.8 Å². The Hall–Kier alpha value is -2.87. The number of nitrogens with one attached hydrogen (secondary N) is 1. The molecule has 1 amide bonds. The third kappa shape index (κ3) is 4.48. The minimum atomic E-state index is -0.594. The summed E-state index contributed by atoms with van der Waals surface area (Å²) in [6, 6.07) is 7.57. The number of methoxy groups -OCH3 is 2. The SMILES string of the molecule is COC(=O)c1c(NC(=O)COc2ccc(C(C)C)cc2)sc2c1[C@@H](C(=O)OC)CC2. The largest absolute Gasteiger partial charge is 0.484 e. The molecule has 1 N–H and O–H groups in total. The van der Waals surface area contributed by atoms with Crippen molar-refractivity contribution in [2.45, 2.75) is 38.5 Å². The Bertz CT molecular complexity index is 947. The molecule has 0 saturated heterocycles. The van der Waals surface area contributed by atoms with Gasteiger partial charge in [-0.1, -0.05) is 26.0 Å². The number of carbonyl (C=O) groups is 3. The van der Waals surface area contributed by atoms with Crippen LogP contribution in [-0.2, 0) is 25.5 Å². The summed E-state index contributed by atoms with van der Waals surface area (Å²) in [4.78, 5) is 37.9. The van der Waals surface area contributed by atoms with Gasteiger partial charge in [0.15, 0.2) is 6.61 Å². The molecular weight excluding hydrogens is 406 g/mol. The van der Waals surface area contributed by atoms with Gasteiger partial charge in [-0.15, -0.1) is 11.3 Å². The molecule has 1 aliphatic carbocycles. The molecule has 0 fully saturated rings. The monoisotopic (exact) mass is 431 g/mol. The molecule has 1 aromatic heterocycles. The second kappa shape index (κ2) is 9.30. The van der Waals surface area contributed by atoms with E-state index in [1.165, 1.54) is 31.1 Å². The fourth-order valence-electron chi connectivity index (χ4n) is 3.50. The van der Waals surface area contributed by atoms with Crippen molar-refractivity contribution in [2.24, 2.45) is 0 Å². The van der Waals surface area contributed by atoms with Crippen LogP contribution < -0.4 is 10.1 Å². The van der Waals surface area contributed by atoms with Gasteiger partial charge in [-0.2, -0.15) is 0 Å². The number of carbonyl (C=O) groups excluding carboxylic acids is 3. The predicted octanol–water partition coefficient (Wildman–Crippen LogP) is 3.88. The fourth-order valence-corrected chi connectivity index (χ4v) is 4.78. The minimum absolute atomic E-state index is 0.204. The van der Waals surface area contributed by atoms with Crippen molar-refractivity contribution in [1.82, 2.24) is 0 Å². The number of amides is 1. The van der Waals surface area contributed by atoms with Crippen molar-refractivity contribution in [2.75, 3.05) is 26.1 Å². The van der Waals surface area contributed by atoms with E-state index in [9.17, 15) is 14.4 Å². The van der Waals surface area contributed by atoms with E-state index in [1.807, 2.05) is 24.3 Å². The highest BCUT2D eigenvalue weighted by Gasteiger charge is 2.38. The molecule has 160 valence electrons. The molecule has 0 bridgehead atoms. The summed E-state index contributed by atoms with van der Waals surface area (Å²) in [5.41, 5.74) is 2.00. The molecule has 0 unspecified atom stereocenters. The summed E-state index contributed by atoms with van der Waals surface area (Å²) in [5.74, 6) is -0.929. The smallest absolute Gasteiger partial charge is 0.341 e. The Morgan fingerprint density at radius 3 is 2.43 bits per heavy atom. The lowest BCUT2D eigenvalue weighted by molar-refractivity contribution is -0.142. The molecule has 8 heteroatoms. The van der Waals surface area contributed by atoms with Gasteiger partial charge < -0.3 is 19.5 Å². The quantitative estimate of drug-likeness (QED) is 0.669. The highest BCUT2D eigenvalue weighted by atomic mass is 32.1. The molecule has 0 spiro atoms. The van der Waals surface area contributed by atoms with Gasteiger partial charge in [0.05, 0.1) is 25.7 Å². The van der Waals surface area contributed by atoms with Gasteiger partial charge in [-0.3, -0.25) is 9.59 Å². The predicted molar refractivity (Wildman–Crippen MR) is 113 cm³/mol. The van der Waals surface area contributed by atoms with E-state index in [0.29, 0.717) is 35.1 Å². The lowest BCUT2D eigenvalue weighted by Crippen LogP contribution is -2.22. The molecule has 1 atom stereocenters. The van der Waals surface area contributed by atoms with Crippen molar-refractivity contribution < 1.29 is 28.6 Å². The van der Waals surface area contributed by atoms with Crippen LogP contribution in [0.4, 0.5) is 5.00 Å². The Morgan fingerprint density at radius 1 is 1.13 bits per heavy atom. The Morgan fingerprint density at radius 2 is 1.83 bits per heavy atom. The lowest BCUT2D eigenvalue weighted by atomic mass is 9.99. The number of hydrogen-bond donors (Lipinski definition) is 1. The molecule has 1 heterocycles. The molecule has 1 aliphatic rings. The van der Waals surface area contributed by atoms with Gasteiger partial charge in [0.25, 0.3) is 5.91 Å². The van der Waals surface area contributed by atoms with Crippen LogP contribution in [-0.4, -0.2) is 38.7 Å². The summed E-state index contributed by atoms with van der Waals surface area (Å²) >= 11 is 1.28. The van der Waals surface area contributed by atoms with E-state index in [-0.39, 0.29) is 12.2 Å². The van der Waals surface area contributed by atoms with Crippen LogP contribution in [0.25, 0.3) is 0 Å². The number of benzene rings is 1. The van der Waals surface area contributed by atoms with Crippen molar-refractivity contribution in [3.05, 3.63) is 45.8 Å². The maximum absolute atomic E-state index is 12.4. The number of fused-ring (bicyclic) bond motifs is 1. The molecular formula is C22H25NO6S. The number of anilines is 1. The zero-order valence-electron chi connectivity index (χ0n) is 17.4. The van der Waals surface area contributed by atoms with E-state index < -0.39 is 23.8 Å². The molecule has 0 aliphatic heterocycles. The standard InChI is InChI=1S/C22H25NO6S/c1-12(2)13-5-7-14(8-6-13)29-11-17(24)23-20-19(22(26)28-4)18-15(21(25)27-3)9-10-16(18)30-20/h5-8,12,15H,9-11H2,1-4H3,(H,23,24)/t15-/m0/s1. The van der Waals surface area contributed by atoms with Crippen LogP contribution in [0.1, 0.15) is 58.5 Å². The number of thiophene rings is 1. The summed E-state index contributed by atoms with van der Waals surface area (Å²) in [6.07, 6.45) is 1.21. The molecule has 0 radical (unpaired) electrons. The third-order valence-electron chi connectivity index (χ3n) is 5.08. The summed E-state index contributed by atoms with van der Waals surface area (Å²) in [7, 11) is 2.59. The molecule has 7 nitrogen and oxygen atoms in total. The second-order valence-electron chi connectivity index (χ2n) is 7.31. The van der Waals surface area contributed by atoms with Crippen molar-refractivity contribution in [3.8, 4) is 5.75 Å². The van der Waals surface area contributed by atoms with Crippen LogP contribution in [0, 0.1) is 0 Å². The molecule has 0 saturated carbocycles.